The van der Waals surface area contributed by atoms with Crippen LogP contribution in [0.1, 0.15) is 32.2 Å². The molecule has 4 rings (SSSR count). The van der Waals surface area contributed by atoms with E-state index in [1.54, 1.807) is 18.2 Å². The van der Waals surface area contributed by atoms with Crippen LogP contribution >= 0.6 is 15.9 Å². The van der Waals surface area contributed by atoms with Gasteiger partial charge in [0, 0.05) is 27.2 Å². The number of fused-ring (bicyclic) bond motifs is 1. The van der Waals surface area contributed by atoms with Crippen molar-refractivity contribution in [1.82, 2.24) is 9.66 Å². The van der Waals surface area contributed by atoms with Gasteiger partial charge in [-0.05, 0) is 54.6 Å². The Bertz CT molecular complexity index is 1660. The highest BCUT2D eigenvalue weighted by Crippen LogP contribution is 2.28. The Morgan fingerprint density at radius 3 is 2.56 bits per heavy atom. The summed E-state index contributed by atoms with van der Waals surface area (Å²) in [5.41, 5.74) is -0.102. The molecule has 4 aromatic rings. The molecule has 200 valence electrons. The van der Waals surface area contributed by atoms with E-state index >= 15 is 0 Å². The van der Waals surface area contributed by atoms with Crippen molar-refractivity contribution >= 4 is 50.3 Å². The summed E-state index contributed by atoms with van der Waals surface area (Å²) in [5.74, 6) is -0.740. The van der Waals surface area contributed by atoms with Crippen molar-refractivity contribution in [3.05, 3.63) is 103 Å². The van der Waals surface area contributed by atoms with Crippen LogP contribution in [0.3, 0.4) is 0 Å². The summed E-state index contributed by atoms with van der Waals surface area (Å²) in [4.78, 5) is 41.2. The number of rotatable bonds is 7. The van der Waals surface area contributed by atoms with Crippen molar-refractivity contribution in [2.75, 3.05) is 11.9 Å². The lowest BCUT2D eigenvalue weighted by Gasteiger charge is -2.20. The molecule has 0 spiro atoms. The molecule has 3 aromatic carbocycles. The van der Waals surface area contributed by atoms with Crippen LogP contribution in [0.25, 0.3) is 10.9 Å². The Labute approximate surface area is 230 Å². The number of hydrogen-bond acceptors (Lipinski definition) is 7. The molecule has 1 N–H and O–H groups in total. The zero-order chi connectivity index (χ0) is 28.3. The number of benzene rings is 3. The second kappa shape index (κ2) is 11.1. The normalized spacial score (nSPS) is 11.6. The molecule has 0 unspecified atom stereocenters. The van der Waals surface area contributed by atoms with Gasteiger partial charge in [-0.2, -0.15) is 9.78 Å². The maximum absolute atomic E-state index is 13.3. The number of nitro groups is 1. The summed E-state index contributed by atoms with van der Waals surface area (Å²) in [6, 6.07) is 14.4. The van der Waals surface area contributed by atoms with Crippen LogP contribution in [0.4, 0.5) is 15.8 Å². The Morgan fingerprint density at radius 1 is 1.18 bits per heavy atom. The number of amides is 1. The van der Waals surface area contributed by atoms with Gasteiger partial charge in [0.15, 0.2) is 12.4 Å². The Morgan fingerprint density at radius 2 is 1.90 bits per heavy atom. The highest BCUT2D eigenvalue weighted by atomic mass is 79.9. The van der Waals surface area contributed by atoms with E-state index in [1.165, 1.54) is 53.4 Å². The zero-order valence-corrected chi connectivity index (χ0v) is 22.7. The van der Waals surface area contributed by atoms with E-state index in [1.807, 2.05) is 20.8 Å². The second-order valence-corrected chi connectivity index (χ2v) is 10.5. The van der Waals surface area contributed by atoms with Crippen molar-refractivity contribution in [1.29, 1.82) is 0 Å². The molecule has 0 saturated heterocycles. The van der Waals surface area contributed by atoms with E-state index in [2.05, 4.69) is 31.3 Å². The van der Waals surface area contributed by atoms with Gasteiger partial charge in [0.2, 0.25) is 0 Å². The summed E-state index contributed by atoms with van der Waals surface area (Å²) in [5, 5.41) is 18.9. The fourth-order valence-corrected chi connectivity index (χ4v) is 3.98. The molecule has 0 bridgehead atoms. The zero-order valence-electron chi connectivity index (χ0n) is 21.1. The number of carbonyl (C=O) groups excluding carboxylic acids is 1. The summed E-state index contributed by atoms with van der Waals surface area (Å²) < 4.78 is 20.3. The molecule has 0 saturated carbocycles. The van der Waals surface area contributed by atoms with E-state index in [-0.39, 0.29) is 11.3 Å². The molecule has 0 aliphatic rings. The van der Waals surface area contributed by atoms with E-state index in [4.69, 9.17) is 4.74 Å². The topological polar surface area (TPSA) is 129 Å². The second-order valence-electron chi connectivity index (χ2n) is 9.54. The molecule has 1 heterocycles. The fraction of sp³-hybridized carbons (Fsp3) is 0.185. The van der Waals surface area contributed by atoms with E-state index in [0.717, 1.165) is 0 Å². The van der Waals surface area contributed by atoms with Crippen LogP contribution in [-0.4, -0.2) is 33.3 Å². The molecule has 1 aromatic heterocycles. The van der Waals surface area contributed by atoms with Crippen molar-refractivity contribution < 1.29 is 18.8 Å². The maximum Gasteiger partial charge on any atom is 0.311 e. The molecule has 0 aliphatic carbocycles. The molecule has 1 amide bonds. The number of hydrogen-bond donors (Lipinski definition) is 1. The first-order chi connectivity index (χ1) is 18.4. The predicted octanol–water partition coefficient (Wildman–Crippen LogP) is 5.40. The van der Waals surface area contributed by atoms with Crippen LogP contribution in [0.2, 0.25) is 0 Å². The minimum atomic E-state index is -0.646. The molecular weight excluding hydrogens is 573 g/mol. The van der Waals surface area contributed by atoms with Gasteiger partial charge in [0.05, 0.1) is 22.0 Å². The number of anilines is 1. The fourth-order valence-electron chi connectivity index (χ4n) is 3.62. The van der Waals surface area contributed by atoms with Crippen molar-refractivity contribution in [3.8, 4) is 5.75 Å². The number of halogens is 2. The Balaban J connectivity index is 1.60. The highest BCUT2D eigenvalue weighted by Gasteiger charge is 2.23. The molecule has 0 aliphatic heterocycles. The van der Waals surface area contributed by atoms with Crippen molar-refractivity contribution in [3.63, 3.8) is 0 Å². The van der Waals surface area contributed by atoms with Gasteiger partial charge < -0.3 is 10.1 Å². The number of ether oxygens (including phenoxy) is 1. The van der Waals surface area contributed by atoms with Gasteiger partial charge in [-0.3, -0.25) is 19.7 Å². The first-order valence-corrected chi connectivity index (χ1v) is 12.5. The third kappa shape index (κ3) is 6.52. The van der Waals surface area contributed by atoms with Crippen LogP contribution in [0, 0.1) is 15.9 Å². The summed E-state index contributed by atoms with van der Waals surface area (Å²) >= 11 is 3.36. The standard InChI is InChI=1S/C27H23BrFN5O5/c1-27(2,3)26-32-21-10-5-17(28)13-20(21)25(36)33(26)30-14-16-4-11-23(22(12-16)34(37)38)39-15-24(35)31-19-8-6-18(29)7-9-19/h4-14H,15H2,1-3H3,(H,31,35). The summed E-state index contributed by atoms with van der Waals surface area (Å²) in [6.07, 6.45) is 1.32. The lowest BCUT2D eigenvalue weighted by atomic mass is 9.95. The third-order valence-corrected chi connectivity index (χ3v) is 5.96. The summed E-state index contributed by atoms with van der Waals surface area (Å²) in [7, 11) is 0. The Kier molecular flexibility index (Phi) is 7.86. The average Bonchev–Trinajstić information content (AvgIpc) is 2.88. The third-order valence-electron chi connectivity index (χ3n) is 5.47. The van der Waals surface area contributed by atoms with Crippen LogP contribution in [0.15, 0.2) is 75.0 Å². The first-order valence-electron chi connectivity index (χ1n) is 11.7. The molecule has 10 nitrogen and oxygen atoms in total. The average molecular weight is 596 g/mol. The number of nitrogens with one attached hydrogen (secondary N) is 1. The first kappa shape index (κ1) is 27.6. The minimum Gasteiger partial charge on any atom is -0.477 e. The van der Waals surface area contributed by atoms with Gasteiger partial charge >= 0.3 is 5.69 Å². The minimum absolute atomic E-state index is 0.129. The van der Waals surface area contributed by atoms with Gasteiger partial charge in [0.25, 0.3) is 11.5 Å². The number of aromatic nitrogens is 2. The summed E-state index contributed by atoms with van der Waals surface area (Å²) in [6.45, 7) is 5.19. The molecule has 12 heteroatoms. The lowest BCUT2D eigenvalue weighted by molar-refractivity contribution is -0.385. The smallest absolute Gasteiger partial charge is 0.311 e. The van der Waals surface area contributed by atoms with Crippen LogP contribution in [0.5, 0.6) is 5.75 Å². The van der Waals surface area contributed by atoms with E-state index in [9.17, 15) is 24.1 Å². The van der Waals surface area contributed by atoms with Crippen molar-refractivity contribution in [2.24, 2.45) is 5.10 Å². The monoisotopic (exact) mass is 595 g/mol. The SMILES string of the molecule is CC(C)(C)c1nc2ccc(Br)cc2c(=O)n1N=Cc1ccc(OCC(=O)Nc2ccc(F)cc2)c([N+](=O)[O-])c1. The van der Waals surface area contributed by atoms with E-state index in [0.29, 0.717) is 32.5 Å². The number of nitro benzene ring substituents is 1. The van der Waals surface area contributed by atoms with Gasteiger partial charge in [-0.1, -0.05) is 36.7 Å². The Hall–Kier alpha value is -4.45. The van der Waals surface area contributed by atoms with Crippen LogP contribution < -0.4 is 15.6 Å². The number of carbonyl (C=O) groups is 1. The largest absolute Gasteiger partial charge is 0.477 e. The van der Waals surface area contributed by atoms with Gasteiger partial charge in [0.1, 0.15) is 11.6 Å². The molecular formula is C27H23BrFN5O5. The molecule has 0 atom stereocenters. The number of nitrogens with zero attached hydrogens (tertiary/aromatic N) is 4. The van der Waals surface area contributed by atoms with Crippen LogP contribution in [-0.2, 0) is 10.2 Å². The molecule has 0 fully saturated rings. The predicted molar refractivity (Wildman–Crippen MR) is 149 cm³/mol. The maximum atomic E-state index is 13.3. The van der Waals surface area contributed by atoms with Gasteiger partial charge in [-0.15, -0.1) is 0 Å². The quantitative estimate of drug-likeness (QED) is 0.173. The van der Waals surface area contributed by atoms with E-state index < -0.39 is 34.4 Å². The highest BCUT2D eigenvalue weighted by molar-refractivity contribution is 9.10. The molecule has 0 radical (unpaired) electrons. The lowest BCUT2D eigenvalue weighted by Crippen LogP contribution is -2.29. The van der Waals surface area contributed by atoms with Crippen molar-refractivity contribution in [2.45, 2.75) is 26.2 Å². The molecule has 39 heavy (non-hydrogen) atoms. The van der Waals surface area contributed by atoms with Gasteiger partial charge in [-0.25, -0.2) is 9.37 Å².